The van der Waals surface area contributed by atoms with Gasteiger partial charge in [-0.05, 0) is 0 Å². The van der Waals surface area contributed by atoms with Crippen LogP contribution in [0.25, 0.3) is 0 Å². The van der Waals surface area contributed by atoms with E-state index in [0.29, 0.717) is 13.1 Å². The third kappa shape index (κ3) is 4.69. The van der Waals surface area contributed by atoms with Crippen molar-refractivity contribution in [2.45, 2.75) is 6.92 Å². The minimum absolute atomic E-state index is 0.118. The Morgan fingerprint density at radius 2 is 1.70 bits per heavy atom. The maximum atomic E-state index is 8.53. The second-order valence-corrected chi connectivity index (χ2v) is 1.95. The van der Waals surface area contributed by atoms with Crippen LogP contribution in [0.4, 0.5) is 0 Å². The Labute approximate surface area is 61.4 Å². The highest BCUT2D eigenvalue weighted by Gasteiger charge is 1.98. The van der Waals surface area contributed by atoms with Gasteiger partial charge in [-0.2, -0.15) is 0 Å². The van der Waals surface area contributed by atoms with E-state index in [1.165, 1.54) is 0 Å². The van der Waals surface area contributed by atoms with Gasteiger partial charge in [-0.1, -0.05) is 6.92 Å². The van der Waals surface area contributed by atoms with Gasteiger partial charge in [-0.25, -0.2) is 5.01 Å². The normalized spacial score (nSPS) is 10.8. The van der Waals surface area contributed by atoms with Crippen LogP contribution in [0.3, 0.4) is 0 Å². The number of hydrazine groups is 1. The Morgan fingerprint density at radius 1 is 1.20 bits per heavy atom. The maximum Gasteiger partial charge on any atom is 0.0572 e. The fourth-order valence-electron chi connectivity index (χ4n) is 0.735. The van der Waals surface area contributed by atoms with E-state index in [1.807, 2.05) is 6.92 Å². The van der Waals surface area contributed by atoms with Crippen LogP contribution in [-0.2, 0) is 0 Å². The summed E-state index contributed by atoms with van der Waals surface area (Å²) in [5, 5.41) is 18.8. The first-order valence-electron chi connectivity index (χ1n) is 3.55. The molecule has 0 aromatic heterocycles. The molecule has 0 bridgehead atoms. The molecule has 0 aliphatic rings. The lowest BCUT2D eigenvalue weighted by molar-refractivity contribution is 0.118. The van der Waals surface area contributed by atoms with E-state index < -0.39 is 0 Å². The summed E-state index contributed by atoms with van der Waals surface area (Å²) >= 11 is 0. The van der Waals surface area contributed by atoms with E-state index in [0.717, 1.165) is 6.54 Å². The van der Waals surface area contributed by atoms with Gasteiger partial charge in [0.05, 0.1) is 13.2 Å². The van der Waals surface area contributed by atoms with Gasteiger partial charge < -0.3 is 10.2 Å². The number of hydrogen-bond acceptors (Lipinski definition) is 4. The molecule has 0 fully saturated rings. The van der Waals surface area contributed by atoms with Gasteiger partial charge in [-0.15, -0.1) is 0 Å². The first-order valence-corrected chi connectivity index (χ1v) is 3.55. The van der Waals surface area contributed by atoms with Crippen molar-refractivity contribution in [3.63, 3.8) is 0 Å². The van der Waals surface area contributed by atoms with E-state index in [-0.39, 0.29) is 13.2 Å². The third-order valence-corrected chi connectivity index (χ3v) is 1.12. The van der Waals surface area contributed by atoms with E-state index in [9.17, 15) is 0 Å². The van der Waals surface area contributed by atoms with Crippen LogP contribution in [0.2, 0.25) is 0 Å². The summed E-state index contributed by atoms with van der Waals surface area (Å²) in [7, 11) is 0. The molecule has 0 aromatic carbocycles. The fourth-order valence-corrected chi connectivity index (χ4v) is 0.735. The van der Waals surface area contributed by atoms with Gasteiger partial charge in [0, 0.05) is 19.6 Å². The highest BCUT2D eigenvalue weighted by molar-refractivity contribution is 4.48. The summed E-state index contributed by atoms with van der Waals surface area (Å²) in [6.07, 6.45) is 0. The smallest absolute Gasteiger partial charge is 0.0572 e. The summed E-state index contributed by atoms with van der Waals surface area (Å²) in [4.78, 5) is 0. The molecule has 0 saturated heterocycles. The fraction of sp³-hybridized carbons (Fsp3) is 1.00. The topological polar surface area (TPSA) is 55.7 Å². The number of aliphatic hydroxyl groups excluding tert-OH is 2. The van der Waals surface area contributed by atoms with Gasteiger partial charge in [0.15, 0.2) is 0 Å². The second kappa shape index (κ2) is 6.95. The average Bonchev–Trinajstić information content (AvgIpc) is 1.90. The molecule has 62 valence electrons. The molecule has 0 rings (SSSR count). The molecule has 0 aromatic rings. The van der Waals surface area contributed by atoms with Crippen molar-refractivity contribution in [2.75, 3.05) is 32.8 Å². The lowest BCUT2D eigenvalue weighted by atomic mass is 10.6. The highest BCUT2D eigenvalue weighted by atomic mass is 16.3. The van der Waals surface area contributed by atoms with Crippen LogP contribution in [-0.4, -0.2) is 48.1 Å². The summed E-state index contributed by atoms with van der Waals surface area (Å²) in [5.41, 5.74) is 3.00. The van der Waals surface area contributed by atoms with Crippen LogP contribution in [0.5, 0.6) is 0 Å². The third-order valence-electron chi connectivity index (χ3n) is 1.12. The largest absolute Gasteiger partial charge is 0.395 e. The number of rotatable bonds is 6. The number of aliphatic hydroxyl groups is 2. The molecule has 3 N–H and O–H groups in total. The molecule has 0 spiro atoms. The molecular formula is C6H16N2O2. The first kappa shape index (κ1) is 9.84. The van der Waals surface area contributed by atoms with Crippen LogP contribution in [0.1, 0.15) is 6.92 Å². The second-order valence-electron chi connectivity index (χ2n) is 1.95. The molecule has 0 unspecified atom stereocenters. The Bertz CT molecular complexity index is 56.5. The highest BCUT2D eigenvalue weighted by Crippen LogP contribution is 1.78. The molecule has 0 aliphatic heterocycles. The Morgan fingerprint density at radius 3 is 2.00 bits per heavy atom. The quantitative estimate of drug-likeness (QED) is 0.414. The number of hydrogen-bond donors (Lipinski definition) is 3. The Balaban J connectivity index is 3.30. The van der Waals surface area contributed by atoms with E-state index in [1.54, 1.807) is 5.01 Å². The lowest BCUT2D eigenvalue weighted by Crippen LogP contribution is -2.41. The van der Waals surface area contributed by atoms with Gasteiger partial charge in [-0.3, -0.25) is 5.43 Å². The molecule has 4 nitrogen and oxygen atoms in total. The molecule has 0 heterocycles. The molecule has 0 saturated carbocycles. The minimum Gasteiger partial charge on any atom is -0.395 e. The zero-order valence-corrected chi connectivity index (χ0v) is 6.38. The maximum absolute atomic E-state index is 8.53. The zero-order chi connectivity index (χ0) is 7.82. The van der Waals surface area contributed by atoms with Crippen molar-refractivity contribution in [1.29, 1.82) is 0 Å². The molecule has 0 atom stereocenters. The zero-order valence-electron chi connectivity index (χ0n) is 6.38. The van der Waals surface area contributed by atoms with E-state index >= 15 is 0 Å². The number of nitrogens with zero attached hydrogens (tertiary/aromatic N) is 1. The summed E-state index contributed by atoms with van der Waals surface area (Å²) in [5.74, 6) is 0. The summed E-state index contributed by atoms with van der Waals surface area (Å²) in [6.45, 7) is 4.16. The van der Waals surface area contributed by atoms with E-state index in [2.05, 4.69) is 5.43 Å². The van der Waals surface area contributed by atoms with Gasteiger partial charge >= 0.3 is 0 Å². The summed E-state index contributed by atoms with van der Waals surface area (Å²) in [6, 6.07) is 0. The molecule has 0 aliphatic carbocycles. The van der Waals surface area contributed by atoms with E-state index in [4.69, 9.17) is 10.2 Å². The van der Waals surface area contributed by atoms with Crippen molar-refractivity contribution >= 4 is 0 Å². The van der Waals surface area contributed by atoms with Crippen molar-refractivity contribution in [3.05, 3.63) is 0 Å². The molecule has 0 radical (unpaired) electrons. The molecule has 0 amide bonds. The first-order chi connectivity index (χ1) is 4.85. The van der Waals surface area contributed by atoms with Crippen LogP contribution < -0.4 is 5.43 Å². The van der Waals surface area contributed by atoms with Gasteiger partial charge in [0.1, 0.15) is 0 Å². The Hall–Kier alpha value is -0.160. The standard InChI is InChI=1S/C6H16N2O2/c1-2-7-8(3-5-9)4-6-10/h7,9-10H,2-6H2,1H3. The van der Waals surface area contributed by atoms with Crippen molar-refractivity contribution in [1.82, 2.24) is 10.4 Å². The van der Waals surface area contributed by atoms with Crippen LogP contribution in [0, 0.1) is 0 Å². The predicted octanol–water partition coefficient (Wildman–Crippen LogP) is -1.20. The van der Waals surface area contributed by atoms with Crippen molar-refractivity contribution in [3.8, 4) is 0 Å². The van der Waals surface area contributed by atoms with Gasteiger partial charge in [0.2, 0.25) is 0 Å². The van der Waals surface area contributed by atoms with Gasteiger partial charge in [0.25, 0.3) is 0 Å². The minimum atomic E-state index is 0.118. The average molecular weight is 148 g/mol. The monoisotopic (exact) mass is 148 g/mol. The SMILES string of the molecule is CCNN(CCO)CCO. The molecular weight excluding hydrogens is 132 g/mol. The predicted molar refractivity (Wildman–Crippen MR) is 39.4 cm³/mol. The Kier molecular flexibility index (Phi) is 6.84. The molecule has 10 heavy (non-hydrogen) atoms. The lowest BCUT2D eigenvalue weighted by Gasteiger charge is -2.19. The van der Waals surface area contributed by atoms with Crippen LogP contribution >= 0.6 is 0 Å². The van der Waals surface area contributed by atoms with Crippen molar-refractivity contribution < 1.29 is 10.2 Å². The number of nitrogens with one attached hydrogen (secondary N) is 1. The van der Waals surface area contributed by atoms with Crippen molar-refractivity contribution in [2.24, 2.45) is 0 Å². The summed E-state index contributed by atoms with van der Waals surface area (Å²) < 4.78 is 0. The molecule has 4 heteroatoms. The van der Waals surface area contributed by atoms with Crippen LogP contribution in [0.15, 0.2) is 0 Å².